The van der Waals surface area contributed by atoms with Gasteiger partial charge in [0.2, 0.25) is 0 Å². The van der Waals surface area contributed by atoms with Crippen LogP contribution >= 0.6 is 34.7 Å². The zero-order valence-electron chi connectivity index (χ0n) is 18.9. The Hall–Kier alpha value is -2.69. The van der Waals surface area contributed by atoms with Gasteiger partial charge in [-0.1, -0.05) is 35.5 Å². The average molecular weight is 523 g/mol. The van der Waals surface area contributed by atoms with E-state index in [0.717, 1.165) is 28.7 Å². The maximum Gasteiger partial charge on any atom is 0.348 e. The molecular weight excluding hydrogens is 500 g/mol. The minimum absolute atomic E-state index is 0.0630. The highest BCUT2D eigenvalue weighted by molar-refractivity contribution is 7.99. The third-order valence-corrected chi connectivity index (χ3v) is 7.19. The van der Waals surface area contributed by atoms with Crippen LogP contribution in [0.4, 0.5) is 0 Å². The molecule has 0 aliphatic carbocycles. The fourth-order valence-corrected chi connectivity index (χ4v) is 5.28. The first-order valence-corrected chi connectivity index (χ1v) is 12.7. The number of aromatic nitrogens is 2. The van der Waals surface area contributed by atoms with E-state index in [9.17, 15) is 19.2 Å². The lowest BCUT2D eigenvalue weighted by molar-refractivity contribution is -0.145. The first-order chi connectivity index (χ1) is 16.2. The second-order valence-electron chi connectivity index (χ2n) is 7.18. The van der Waals surface area contributed by atoms with E-state index in [1.54, 1.807) is 45.0 Å². The summed E-state index contributed by atoms with van der Waals surface area (Å²) in [4.78, 5) is 55.1. The van der Waals surface area contributed by atoms with Crippen LogP contribution in [0.1, 0.15) is 41.1 Å². The molecule has 11 heteroatoms. The quantitative estimate of drug-likeness (QED) is 0.168. The number of fused-ring (bicyclic) bond motifs is 1. The lowest BCUT2D eigenvalue weighted by Crippen LogP contribution is -2.24. The van der Waals surface area contributed by atoms with E-state index < -0.39 is 11.9 Å². The van der Waals surface area contributed by atoms with Gasteiger partial charge in [-0.2, -0.15) is 0 Å². The maximum absolute atomic E-state index is 13.5. The van der Waals surface area contributed by atoms with Gasteiger partial charge in [0.15, 0.2) is 10.9 Å². The summed E-state index contributed by atoms with van der Waals surface area (Å²) in [5, 5.41) is 1.21. The first kappa shape index (κ1) is 25.9. The number of carbonyl (C=O) groups excluding carboxylic acids is 3. The predicted molar refractivity (Wildman–Crippen MR) is 132 cm³/mol. The summed E-state index contributed by atoms with van der Waals surface area (Å²) in [5.74, 6) is -1.51. The van der Waals surface area contributed by atoms with Crippen molar-refractivity contribution in [1.82, 2.24) is 9.55 Å². The normalized spacial score (nSPS) is 10.9. The monoisotopic (exact) mass is 522 g/mol. The van der Waals surface area contributed by atoms with Gasteiger partial charge in [0.25, 0.3) is 5.56 Å². The number of ether oxygens (including phenoxy) is 2. The Morgan fingerprint density at radius 3 is 2.44 bits per heavy atom. The van der Waals surface area contributed by atoms with Crippen LogP contribution in [0, 0.1) is 6.92 Å². The zero-order valence-corrected chi connectivity index (χ0v) is 21.3. The maximum atomic E-state index is 13.5. The van der Waals surface area contributed by atoms with E-state index >= 15 is 0 Å². The Morgan fingerprint density at radius 1 is 1.12 bits per heavy atom. The Labute approximate surface area is 209 Å². The molecule has 3 rings (SSSR count). The van der Waals surface area contributed by atoms with Gasteiger partial charge in [-0.15, -0.1) is 11.3 Å². The Balaban J connectivity index is 2.02. The molecule has 0 saturated carbocycles. The molecule has 0 spiro atoms. The summed E-state index contributed by atoms with van der Waals surface area (Å²) in [7, 11) is 0. The number of hydrogen-bond donors (Lipinski definition) is 0. The molecule has 0 fully saturated rings. The Bertz CT molecular complexity index is 1280. The van der Waals surface area contributed by atoms with E-state index in [1.165, 1.54) is 4.57 Å². The molecule has 180 valence electrons. The molecule has 0 saturated heterocycles. The number of hydrogen-bond acceptors (Lipinski definition) is 9. The first-order valence-electron chi connectivity index (χ1n) is 10.5. The van der Waals surface area contributed by atoms with Crippen molar-refractivity contribution >= 4 is 62.6 Å². The van der Waals surface area contributed by atoms with Crippen molar-refractivity contribution in [2.45, 2.75) is 38.9 Å². The topological polar surface area (TPSA) is 105 Å². The van der Waals surface area contributed by atoms with Crippen molar-refractivity contribution in [2.24, 2.45) is 0 Å². The molecule has 8 nitrogen and oxygen atoms in total. The molecule has 2 heterocycles. The number of carbonyl (C=O) groups is 3. The van der Waals surface area contributed by atoms with Gasteiger partial charge in [0.1, 0.15) is 16.1 Å². The molecule has 0 radical (unpaired) electrons. The van der Waals surface area contributed by atoms with Crippen LogP contribution in [-0.2, 0) is 25.6 Å². The minimum Gasteiger partial charge on any atom is -0.466 e. The highest BCUT2D eigenvalue weighted by atomic mass is 35.5. The molecule has 0 aliphatic rings. The number of rotatable bonds is 10. The number of aryl methyl sites for hydroxylation is 1. The smallest absolute Gasteiger partial charge is 0.348 e. The Morgan fingerprint density at radius 2 is 1.79 bits per heavy atom. The summed E-state index contributed by atoms with van der Waals surface area (Å²) in [5.41, 5.74) is 0.992. The van der Waals surface area contributed by atoms with Crippen LogP contribution in [0.3, 0.4) is 0 Å². The number of thiophene rings is 1. The molecule has 0 bridgehead atoms. The third-order valence-electron chi connectivity index (χ3n) is 4.74. The van der Waals surface area contributed by atoms with E-state index in [4.69, 9.17) is 21.1 Å². The highest BCUT2D eigenvalue weighted by Gasteiger charge is 2.23. The number of esters is 2. The van der Waals surface area contributed by atoms with Gasteiger partial charge >= 0.3 is 11.9 Å². The van der Waals surface area contributed by atoms with Crippen LogP contribution < -0.4 is 5.56 Å². The van der Waals surface area contributed by atoms with Crippen LogP contribution in [0.25, 0.3) is 10.2 Å². The third kappa shape index (κ3) is 6.05. The number of Topliss-reactive ketones (excluding diaryl/α,β-unsaturated/α-hetero) is 1. The lowest BCUT2D eigenvalue weighted by Gasteiger charge is -2.12. The number of halogens is 1. The van der Waals surface area contributed by atoms with E-state index in [0.29, 0.717) is 30.8 Å². The second-order valence-corrected chi connectivity index (χ2v) is 9.56. The van der Waals surface area contributed by atoms with Gasteiger partial charge in [-0.25, -0.2) is 9.78 Å². The van der Waals surface area contributed by atoms with E-state index in [2.05, 4.69) is 4.98 Å². The molecule has 0 atom stereocenters. The van der Waals surface area contributed by atoms with Crippen LogP contribution in [0.15, 0.2) is 34.2 Å². The molecule has 3 aromatic rings. The molecule has 1 aromatic carbocycles. The standard InChI is InChI=1S/C23H23ClN2O6S2/c1-4-31-17(28)10-16(27)12-33-23-25-20-18(13(3)19(34-20)22(30)32-5-2)21(29)26(23)11-14-6-8-15(24)9-7-14/h6-9H,4-5,10-12H2,1-3H3. The minimum atomic E-state index is -0.594. The molecule has 0 unspecified atom stereocenters. The van der Waals surface area contributed by atoms with E-state index in [1.807, 2.05) is 0 Å². The van der Waals surface area contributed by atoms with Gasteiger partial charge < -0.3 is 9.47 Å². The second kappa shape index (κ2) is 11.6. The fraction of sp³-hybridized carbons (Fsp3) is 0.348. The average Bonchev–Trinajstić information content (AvgIpc) is 3.12. The molecular formula is C23H23ClN2O6S2. The van der Waals surface area contributed by atoms with Crippen molar-refractivity contribution in [3.8, 4) is 0 Å². The number of nitrogens with zero attached hydrogens (tertiary/aromatic N) is 2. The van der Waals surface area contributed by atoms with Gasteiger partial charge in [0, 0.05) is 5.02 Å². The molecule has 2 aromatic heterocycles. The largest absolute Gasteiger partial charge is 0.466 e. The van der Waals surface area contributed by atoms with Crippen LogP contribution in [-0.4, -0.2) is 46.2 Å². The van der Waals surface area contributed by atoms with Crippen molar-refractivity contribution in [2.75, 3.05) is 19.0 Å². The predicted octanol–water partition coefficient (Wildman–Crippen LogP) is 4.26. The van der Waals surface area contributed by atoms with Crippen molar-refractivity contribution in [3.63, 3.8) is 0 Å². The van der Waals surface area contributed by atoms with Crippen molar-refractivity contribution in [1.29, 1.82) is 0 Å². The summed E-state index contributed by atoms with van der Waals surface area (Å²) in [6.45, 7) is 5.66. The summed E-state index contributed by atoms with van der Waals surface area (Å²) >= 11 is 8.12. The fourth-order valence-electron chi connectivity index (χ4n) is 3.18. The molecule has 0 N–H and O–H groups in total. The van der Waals surface area contributed by atoms with Crippen molar-refractivity contribution in [3.05, 3.63) is 55.6 Å². The van der Waals surface area contributed by atoms with Crippen LogP contribution in [0.2, 0.25) is 5.02 Å². The summed E-state index contributed by atoms with van der Waals surface area (Å²) in [6.07, 6.45) is -0.352. The Kier molecular flexibility index (Phi) is 8.87. The number of ketones is 1. The summed E-state index contributed by atoms with van der Waals surface area (Å²) in [6, 6.07) is 7.03. The SMILES string of the molecule is CCOC(=O)CC(=O)CSc1nc2sc(C(=O)OCC)c(C)c2c(=O)n1Cc1ccc(Cl)cc1. The highest BCUT2D eigenvalue weighted by Crippen LogP contribution is 2.30. The molecule has 34 heavy (non-hydrogen) atoms. The van der Waals surface area contributed by atoms with Crippen molar-refractivity contribution < 1.29 is 23.9 Å². The molecule has 0 amide bonds. The zero-order chi connectivity index (χ0) is 24.8. The lowest BCUT2D eigenvalue weighted by atomic mass is 10.2. The summed E-state index contributed by atoms with van der Waals surface area (Å²) < 4.78 is 11.4. The van der Waals surface area contributed by atoms with Gasteiger partial charge in [-0.05, 0) is 44.0 Å². The van der Waals surface area contributed by atoms with Gasteiger partial charge in [-0.3, -0.25) is 19.0 Å². The van der Waals surface area contributed by atoms with Gasteiger partial charge in [0.05, 0.1) is 30.9 Å². The van der Waals surface area contributed by atoms with Crippen LogP contribution in [0.5, 0.6) is 0 Å². The van der Waals surface area contributed by atoms with E-state index in [-0.39, 0.29) is 43.3 Å². The number of thioether (sulfide) groups is 1. The molecule has 0 aliphatic heterocycles. The number of benzene rings is 1.